The number of hydrogen-bond acceptors (Lipinski definition) is 6. The number of rotatable bonds is 4. The molecule has 26 heavy (non-hydrogen) atoms. The van der Waals surface area contributed by atoms with Crippen LogP contribution in [0.15, 0.2) is 35.7 Å². The van der Waals surface area contributed by atoms with E-state index in [0.717, 1.165) is 0 Å². The summed E-state index contributed by atoms with van der Waals surface area (Å²) in [7, 11) is 1.49. The number of allylic oxidation sites excluding steroid dienone is 1. The first-order valence-electron chi connectivity index (χ1n) is 7.33. The number of aromatic nitrogens is 2. The molecule has 0 fully saturated rings. The Balaban J connectivity index is 2.05. The highest BCUT2D eigenvalue weighted by molar-refractivity contribution is 5.55. The van der Waals surface area contributed by atoms with E-state index in [1.165, 1.54) is 31.4 Å². The first-order valence-corrected chi connectivity index (χ1v) is 7.33. The molecule has 2 aromatic rings. The van der Waals surface area contributed by atoms with Crippen molar-refractivity contribution in [1.82, 2.24) is 10.2 Å². The van der Waals surface area contributed by atoms with Gasteiger partial charge in [-0.15, -0.1) is 18.3 Å². The molecule has 136 valence electrons. The van der Waals surface area contributed by atoms with Crippen LogP contribution in [0.2, 0.25) is 0 Å². The lowest BCUT2D eigenvalue weighted by Crippen LogP contribution is -2.21. The zero-order chi connectivity index (χ0) is 18.9. The van der Waals surface area contributed by atoms with Crippen LogP contribution in [0.3, 0.4) is 0 Å². The summed E-state index contributed by atoms with van der Waals surface area (Å²) < 4.78 is 51.3. The van der Waals surface area contributed by atoms with Crippen molar-refractivity contribution in [2.24, 2.45) is 5.73 Å². The van der Waals surface area contributed by atoms with E-state index in [1.54, 1.807) is 0 Å². The van der Waals surface area contributed by atoms with Crippen LogP contribution in [-0.4, -0.2) is 23.7 Å². The first kappa shape index (κ1) is 17.6. The summed E-state index contributed by atoms with van der Waals surface area (Å²) in [6.45, 7) is 0.177. The van der Waals surface area contributed by atoms with Crippen molar-refractivity contribution in [3.8, 4) is 17.7 Å². The van der Waals surface area contributed by atoms with Gasteiger partial charge in [0.2, 0.25) is 11.8 Å². The minimum absolute atomic E-state index is 0.115. The molecule has 0 unspecified atom stereocenters. The SMILES string of the molecule is COCc1[nH]nc2c1[C@@H](c1ccc(OC(F)(F)F)cc1)C(C#N)=C(N)O2. The highest BCUT2D eigenvalue weighted by Crippen LogP contribution is 2.43. The molecule has 7 nitrogen and oxygen atoms in total. The molecule has 0 saturated carbocycles. The Bertz CT molecular complexity index is 882. The molecule has 0 bridgehead atoms. The second kappa shape index (κ2) is 6.61. The van der Waals surface area contributed by atoms with Crippen molar-refractivity contribution in [1.29, 1.82) is 5.26 Å². The Kier molecular flexibility index (Phi) is 4.48. The standard InChI is InChI=1S/C16H13F3N4O3/c1-24-7-11-13-12(10(6-20)14(21)25-15(13)23-22-11)8-2-4-9(5-3-8)26-16(17,18)19/h2-5,12H,7,21H2,1H3,(H,22,23)/t12-/m0/s1. The predicted octanol–water partition coefficient (Wildman–Crippen LogP) is 2.67. The molecule has 1 aliphatic heterocycles. The molecule has 3 N–H and O–H groups in total. The third kappa shape index (κ3) is 3.29. The van der Waals surface area contributed by atoms with Gasteiger partial charge in [-0.3, -0.25) is 5.10 Å². The fourth-order valence-electron chi connectivity index (χ4n) is 2.76. The van der Waals surface area contributed by atoms with Crippen LogP contribution in [0.5, 0.6) is 11.6 Å². The van der Waals surface area contributed by atoms with Crippen molar-refractivity contribution < 1.29 is 27.4 Å². The molecule has 3 rings (SSSR count). The normalized spacial score (nSPS) is 16.7. The molecule has 0 aliphatic carbocycles. The van der Waals surface area contributed by atoms with Crippen molar-refractivity contribution in [3.63, 3.8) is 0 Å². The highest BCUT2D eigenvalue weighted by atomic mass is 19.4. The molecule has 1 aromatic carbocycles. The number of methoxy groups -OCH3 is 1. The van der Waals surface area contributed by atoms with Gasteiger partial charge in [-0.1, -0.05) is 12.1 Å². The summed E-state index contributed by atoms with van der Waals surface area (Å²) in [6.07, 6.45) is -4.79. The zero-order valence-corrected chi connectivity index (χ0v) is 13.4. The summed E-state index contributed by atoms with van der Waals surface area (Å²) in [5.74, 6) is -0.953. The van der Waals surface area contributed by atoms with Gasteiger partial charge < -0.3 is 19.9 Å². The number of nitrogens with one attached hydrogen (secondary N) is 1. The molecule has 0 amide bonds. The van der Waals surface area contributed by atoms with E-state index < -0.39 is 12.3 Å². The average Bonchev–Trinajstić information content (AvgIpc) is 2.96. The topological polar surface area (TPSA) is 106 Å². The van der Waals surface area contributed by atoms with Gasteiger partial charge in [-0.2, -0.15) is 5.26 Å². The van der Waals surface area contributed by atoms with Crippen LogP contribution in [0.1, 0.15) is 22.7 Å². The van der Waals surface area contributed by atoms with E-state index in [1.807, 2.05) is 6.07 Å². The monoisotopic (exact) mass is 366 g/mol. The number of halogens is 3. The lowest BCUT2D eigenvalue weighted by atomic mass is 9.84. The number of hydrogen-bond donors (Lipinski definition) is 2. The first-order chi connectivity index (χ1) is 12.3. The van der Waals surface area contributed by atoms with Crippen molar-refractivity contribution >= 4 is 0 Å². The maximum atomic E-state index is 12.3. The fraction of sp³-hybridized carbons (Fsp3) is 0.250. The van der Waals surface area contributed by atoms with Crippen LogP contribution in [0, 0.1) is 11.3 Å². The number of nitriles is 1. The second-order valence-corrected chi connectivity index (χ2v) is 5.40. The predicted molar refractivity (Wildman–Crippen MR) is 81.7 cm³/mol. The number of alkyl halides is 3. The number of H-pyrrole nitrogens is 1. The number of ether oxygens (including phenoxy) is 3. The quantitative estimate of drug-likeness (QED) is 0.862. The molecular formula is C16H13F3N4O3. The molecule has 2 heterocycles. The number of nitrogens with zero attached hydrogens (tertiary/aromatic N) is 2. The molecule has 1 aromatic heterocycles. The Morgan fingerprint density at radius 2 is 2.04 bits per heavy atom. The van der Waals surface area contributed by atoms with Crippen LogP contribution in [-0.2, 0) is 11.3 Å². The molecule has 1 aliphatic rings. The lowest BCUT2D eigenvalue weighted by molar-refractivity contribution is -0.274. The van der Waals surface area contributed by atoms with Gasteiger partial charge in [0.15, 0.2) is 0 Å². The van der Waals surface area contributed by atoms with E-state index >= 15 is 0 Å². The second-order valence-electron chi connectivity index (χ2n) is 5.40. The van der Waals surface area contributed by atoms with E-state index in [2.05, 4.69) is 14.9 Å². The Hall–Kier alpha value is -3.19. The molecule has 0 saturated heterocycles. The molecule has 10 heteroatoms. The van der Waals surface area contributed by atoms with E-state index in [-0.39, 0.29) is 29.7 Å². The zero-order valence-electron chi connectivity index (χ0n) is 13.4. The summed E-state index contributed by atoms with van der Waals surface area (Å²) in [5, 5.41) is 16.3. The maximum absolute atomic E-state index is 12.3. The van der Waals surface area contributed by atoms with Gasteiger partial charge in [0.1, 0.15) is 17.4 Å². The number of benzene rings is 1. The Morgan fingerprint density at radius 3 is 2.62 bits per heavy atom. The van der Waals surface area contributed by atoms with Crippen LogP contribution >= 0.6 is 0 Å². The Labute approximate surface area is 145 Å². The van der Waals surface area contributed by atoms with Gasteiger partial charge in [-0.25, -0.2) is 0 Å². The van der Waals surface area contributed by atoms with Crippen LogP contribution in [0.25, 0.3) is 0 Å². The summed E-state index contributed by atoms with van der Waals surface area (Å²) >= 11 is 0. The van der Waals surface area contributed by atoms with Crippen molar-refractivity contribution in [3.05, 3.63) is 52.5 Å². The van der Waals surface area contributed by atoms with Crippen molar-refractivity contribution in [2.75, 3.05) is 7.11 Å². The van der Waals surface area contributed by atoms with Gasteiger partial charge >= 0.3 is 6.36 Å². The molecule has 1 atom stereocenters. The van der Waals surface area contributed by atoms with Crippen molar-refractivity contribution in [2.45, 2.75) is 18.9 Å². The van der Waals surface area contributed by atoms with E-state index in [0.29, 0.717) is 16.8 Å². The lowest BCUT2D eigenvalue weighted by Gasteiger charge is -2.24. The summed E-state index contributed by atoms with van der Waals surface area (Å²) in [5.41, 5.74) is 7.58. The number of fused-ring (bicyclic) bond motifs is 1. The van der Waals surface area contributed by atoms with Crippen LogP contribution < -0.4 is 15.2 Å². The highest BCUT2D eigenvalue weighted by Gasteiger charge is 2.35. The van der Waals surface area contributed by atoms with Gasteiger partial charge in [0.05, 0.1) is 23.8 Å². The average molecular weight is 366 g/mol. The summed E-state index contributed by atoms with van der Waals surface area (Å²) in [4.78, 5) is 0. The third-order valence-corrected chi connectivity index (χ3v) is 3.75. The minimum atomic E-state index is -4.79. The van der Waals surface area contributed by atoms with E-state index in [4.69, 9.17) is 15.2 Å². The smallest absolute Gasteiger partial charge is 0.420 e. The Morgan fingerprint density at radius 1 is 1.35 bits per heavy atom. The molecule has 0 radical (unpaired) electrons. The summed E-state index contributed by atoms with van der Waals surface area (Å²) in [6, 6.07) is 7.17. The molecule has 0 spiro atoms. The largest absolute Gasteiger partial charge is 0.573 e. The minimum Gasteiger partial charge on any atom is -0.420 e. The van der Waals surface area contributed by atoms with Gasteiger partial charge in [-0.05, 0) is 17.7 Å². The van der Waals surface area contributed by atoms with Crippen LogP contribution in [0.4, 0.5) is 13.2 Å². The number of nitrogens with two attached hydrogens (primary N) is 1. The maximum Gasteiger partial charge on any atom is 0.573 e. The van der Waals surface area contributed by atoms with Gasteiger partial charge in [0, 0.05) is 7.11 Å². The fourth-order valence-corrected chi connectivity index (χ4v) is 2.76. The third-order valence-electron chi connectivity index (χ3n) is 3.75. The van der Waals surface area contributed by atoms with Gasteiger partial charge in [0.25, 0.3) is 0 Å². The number of aromatic amines is 1. The molecular weight excluding hydrogens is 353 g/mol. The van der Waals surface area contributed by atoms with E-state index in [9.17, 15) is 18.4 Å².